The van der Waals surface area contributed by atoms with E-state index in [1.165, 1.54) is 6.07 Å². The monoisotopic (exact) mass is 471 g/mol. The molecule has 0 radical (unpaired) electrons. The van der Waals surface area contributed by atoms with Crippen LogP contribution < -0.4 is 0 Å². The van der Waals surface area contributed by atoms with Crippen LogP contribution in [0.4, 0.5) is 4.39 Å². The molecule has 0 bridgehead atoms. The summed E-state index contributed by atoms with van der Waals surface area (Å²) in [6.45, 7) is 3.79. The van der Waals surface area contributed by atoms with Gasteiger partial charge in [0, 0.05) is 31.0 Å². The van der Waals surface area contributed by atoms with Gasteiger partial charge in [0.05, 0.1) is 22.9 Å². The molecular formula is C27H26FN5O2. The summed E-state index contributed by atoms with van der Waals surface area (Å²) < 4.78 is 15.5. The zero-order chi connectivity index (χ0) is 23.9. The predicted molar refractivity (Wildman–Crippen MR) is 129 cm³/mol. The maximum atomic E-state index is 15.5. The minimum absolute atomic E-state index is 0.0281. The Bertz CT molecular complexity index is 1430. The third-order valence-electron chi connectivity index (χ3n) is 8.11. The smallest absolute Gasteiger partial charge is 0.256 e. The van der Waals surface area contributed by atoms with Crippen molar-refractivity contribution in [2.45, 2.75) is 38.1 Å². The summed E-state index contributed by atoms with van der Waals surface area (Å²) in [5.74, 6) is 0.421. The number of amides is 2. The number of aliphatic imine (C=N–C) groups is 1. The molecule has 1 spiro atoms. The average Bonchev–Trinajstić information content (AvgIpc) is 3.70. The fourth-order valence-electron chi connectivity index (χ4n) is 5.36. The third kappa shape index (κ3) is 3.22. The molecule has 0 atom stereocenters. The molecule has 2 aliphatic carbocycles. The fourth-order valence-corrected chi connectivity index (χ4v) is 5.36. The molecule has 0 unspecified atom stereocenters. The van der Waals surface area contributed by atoms with E-state index in [2.05, 4.69) is 9.97 Å². The van der Waals surface area contributed by atoms with Crippen LogP contribution in [0.5, 0.6) is 0 Å². The van der Waals surface area contributed by atoms with Crippen molar-refractivity contribution in [3.05, 3.63) is 54.1 Å². The summed E-state index contributed by atoms with van der Waals surface area (Å²) >= 11 is 0. The number of rotatable bonds is 5. The Hall–Kier alpha value is -3.55. The van der Waals surface area contributed by atoms with Gasteiger partial charge in [0.1, 0.15) is 17.2 Å². The Kier molecular flexibility index (Phi) is 4.15. The molecule has 4 aliphatic rings. The summed E-state index contributed by atoms with van der Waals surface area (Å²) in [5, 5.41) is 0. The van der Waals surface area contributed by atoms with Gasteiger partial charge in [0.25, 0.3) is 5.91 Å². The van der Waals surface area contributed by atoms with E-state index < -0.39 is 11.4 Å². The van der Waals surface area contributed by atoms with Crippen LogP contribution in [-0.4, -0.2) is 62.6 Å². The van der Waals surface area contributed by atoms with Crippen LogP contribution in [0.25, 0.3) is 22.2 Å². The number of carbonyl (C=O) groups is 2. The molecule has 3 heterocycles. The zero-order valence-corrected chi connectivity index (χ0v) is 19.6. The number of hydrogen-bond donors (Lipinski definition) is 1. The van der Waals surface area contributed by atoms with Gasteiger partial charge in [-0.2, -0.15) is 0 Å². The van der Waals surface area contributed by atoms with Crippen molar-refractivity contribution in [1.82, 2.24) is 19.8 Å². The van der Waals surface area contributed by atoms with Crippen LogP contribution in [0.2, 0.25) is 0 Å². The first-order chi connectivity index (χ1) is 16.9. The van der Waals surface area contributed by atoms with Crippen molar-refractivity contribution in [2.24, 2.45) is 16.3 Å². The Labute approximate surface area is 202 Å². The summed E-state index contributed by atoms with van der Waals surface area (Å²) in [6.07, 6.45) is 4.98. The van der Waals surface area contributed by atoms with Gasteiger partial charge in [-0.1, -0.05) is 19.1 Å². The number of aromatic nitrogens is 2. The summed E-state index contributed by atoms with van der Waals surface area (Å²) in [6, 6.07) is 10.9. The van der Waals surface area contributed by atoms with E-state index in [4.69, 9.17) is 4.99 Å². The van der Waals surface area contributed by atoms with Crippen molar-refractivity contribution in [2.75, 3.05) is 19.6 Å². The maximum Gasteiger partial charge on any atom is 0.256 e. The van der Waals surface area contributed by atoms with Crippen LogP contribution in [0, 0.1) is 17.2 Å². The minimum atomic E-state index is -0.702. The zero-order valence-electron chi connectivity index (χ0n) is 19.6. The molecule has 1 N–H and O–H groups in total. The van der Waals surface area contributed by atoms with Crippen molar-refractivity contribution in [3.63, 3.8) is 0 Å². The Balaban J connectivity index is 1.13. The number of nitrogens with zero attached hydrogens (tertiary/aromatic N) is 4. The van der Waals surface area contributed by atoms with E-state index in [1.54, 1.807) is 17.3 Å². The maximum absolute atomic E-state index is 15.5. The van der Waals surface area contributed by atoms with Crippen molar-refractivity contribution in [3.8, 4) is 11.1 Å². The highest BCUT2D eigenvalue weighted by Gasteiger charge is 2.58. The number of imidazole rings is 1. The SMILES string of the molecule is CC1(C(=O)N2CC(CN3C(=O)C4(CC4)N=C3c3ccc(-c4ccc5nc[nH]c5c4)cc3F)C2)CC1. The molecular weight excluding hydrogens is 445 g/mol. The largest absolute Gasteiger partial charge is 0.345 e. The number of carbonyl (C=O) groups excluding carboxylic acids is 2. The van der Waals surface area contributed by atoms with Gasteiger partial charge in [0.2, 0.25) is 5.91 Å². The first kappa shape index (κ1) is 20.8. The summed E-state index contributed by atoms with van der Waals surface area (Å²) in [4.78, 5) is 41.4. The molecule has 7 nitrogen and oxygen atoms in total. The molecule has 2 aliphatic heterocycles. The molecule has 1 aromatic heterocycles. The first-order valence-electron chi connectivity index (χ1n) is 12.3. The van der Waals surface area contributed by atoms with Gasteiger partial charge >= 0.3 is 0 Å². The second kappa shape index (κ2) is 6.99. The highest BCUT2D eigenvalue weighted by molar-refractivity contribution is 6.16. The highest BCUT2D eigenvalue weighted by atomic mass is 19.1. The van der Waals surface area contributed by atoms with Gasteiger partial charge in [0.15, 0.2) is 0 Å². The summed E-state index contributed by atoms with van der Waals surface area (Å²) in [7, 11) is 0. The third-order valence-corrected chi connectivity index (χ3v) is 8.11. The number of halogens is 1. The lowest BCUT2D eigenvalue weighted by Gasteiger charge is -2.42. The number of H-pyrrole nitrogens is 1. The van der Waals surface area contributed by atoms with Gasteiger partial charge in [-0.3, -0.25) is 19.5 Å². The number of hydrogen-bond acceptors (Lipinski definition) is 4. The Morgan fingerprint density at radius 2 is 1.86 bits per heavy atom. The average molecular weight is 472 g/mol. The number of aromatic amines is 1. The van der Waals surface area contributed by atoms with E-state index >= 15 is 4.39 Å². The van der Waals surface area contributed by atoms with Gasteiger partial charge in [-0.25, -0.2) is 9.37 Å². The van der Waals surface area contributed by atoms with Crippen LogP contribution >= 0.6 is 0 Å². The second-order valence-corrected chi connectivity index (χ2v) is 10.8. The van der Waals surface area contributed by atoms with Crippen LogP contribution in [-0.2, 0) is 9.59 Å². The topological polar surface area (TPSA) is 81.7 Å². The number of likely N-dealkylation sites (tertiary alicyclic amines) is 1. The highest BCUT2D eigenvalue weighted by Crippen LogP contribution is 2.48. The summed E-state index contributed by atoms with van der Waals surface area (Å²) in [5.41, 5.74) is 2.86. The van der Waals surface area contributed by atoms with Crippen LogP contribution in [0.3, 0.4) is 0 Å². The Morgan fingerprint density at radius 1 is 1.11 bits per heavy atom. The quantitative estimate of drug-likeness (QED) is 0.615. The van der Waals surface area contributed by atoms with E-state index in [0.29, 0.717) is 43.9 Å². The van der Waals surface area contributed by atoms with E-state index in [-0.39, 0.29) is 23.1 Å². The Morgan fingerprint density at radius 3 is 2.57 bits per heavy atom. The number of nitrogens with one attached hydrogen (secondary N) is 1. The van der Waals surface area contributed by atoms with Crippen LogP contribution in [0.1, 0.15) is 38.2 Å². The van der Waals surface area contributed by atoms with Crippen molar-refractivity contribution >= 4 is 28.7 Å². The number of benzene rings is 2. The predicted octanol–water partition coefficient (Wildman–Crippen LogP) is 3.75. The molecule has 3 aromatic rings. The molecule has 178 valence electrons. The second-order valence-electron chi connectivity index (χ2n) is 10.8. The van der Waals surface area contributed by atoms with E-state index in [0.717, 1.165) is 35.0 Å². The van der Waals surface area contributed by atoms with Crippen molar-refractivity contribution < 1.29 is 14.0 Å². The van der Waals surface area contributed by atoms with E-state index in [1.807, 2.05) is 36.1 Å². The number of fused-ring (bicyclic) bond motifs is 1. The lowest BCUT2D eigenvalue weighted by Crippen LogP contribution is -2.56. The molecule has 2 saturated carbocycles. The van der Waals surface area contributed by atoms with Gasteiger partial charge in [-0.05, 0) is 61.1 Å². The van der Waals surface area contributed by atoms with Gasteiger partial charge < -0.3 is 9.88 Å². The molecule has 2 aromatic carbocycles. The van der Waals surface area contributed by atoms with Crippen molar-refractivity contribution in [1.29, 1.82) is 0 Å². The standard InChI is InChI=1S/C27H26FN5O2/c1-26(6-7-26)24(34)32-12-16(13-32)14-33-23(31-27(8-9-27)25(33)35)19-4-2-17(10-20(19)28)18-3-5-21-22(11-18)30-15-29-21/h2-5,10-11,15-16H,6-9,12-14H2,1H3,(H,29,30). The lowest BCUT2D eigenvalue weighted by molar-refractivity contribution is -0.143. The fraction of sp³-hybridized carbons (Fsp3) is 0.407. The molecule has 7 rings (SSSR count). The first-order valence-corrected chi connectivity index (χ1v) is 12.3. The molecule has 8 heteroatoms. The molecule has 1 saturated heterocycles. The van der Waals surface area contributed by atoms with E-state index in [9.17, 15) is 9.59 Å². The normalized spacial score (nSPS) is 22.0. The molecule has 3 fully saturated rings. The minimum Gasteiger partial charge on any atom is -0.345 e. The van der Waals surface area contributed by atoms with Crippen LogP contribution in [0.15, 0.2) is 47.7 Å². The lowest BCUT2D eigenvalue weighted by atomic mass is 9.95. The molecule has 2 amide bonds. The molecule has 35 heavy (non-hydrogen) atoms. The number of amidine groups is 1. The van der Waals surface area contributed by atoms with Gasteiger partial charge in [-0.15, -0.1) is 0 Å².